The molecule has 0 spiro atoms. The van der Waals surface area contributed by atoms with E-state index in [-0.39, 0.29) is 29.7 Å². The van der Waals surface area contributed by atoms with Crippen LogP contribution in [0.1, 0.15) is 23.2 Å². The molecule has 1 amide bonds. The first-order chi connectivity index (χ1) is 13.0. The third-order valence-corrected chi connectivity index (χ3v) is 4.27. The first kappa shape index (κ1) is 18.4. The van der Waals surface area contributed by atoms with Crippen LogP contribution in [0.2, 0.25) is 0 Å². The van der Waals surface area contributed by atoms with Crippen LogP contribution in [-0.2, 0) is 4.79 Å². The van der Waals surface area contributed by atoms with Gasteiger partial charge in [-0.2, -0.15) is 0 Å². The molecule has 2 aromatic carbocycles. The molecule has 0 bridgehead atoms. The molecule has 27 heavy (non-hydrogen) atoms. The lowest BCUT2D eigenvalue weighted by Gasteiger charge is -2.16. The largest absolute Gasteiger partial charge is 0.493 e. The van der Waals surface area contributed by atoms with E-state index in [4.69, 9.17) is 9.47 Å². The zero-order valence-corrected chi connectivity index (χ0v) is 14.7. The fourth-order valence-corrected chi connectivity index (χ4v) is 2.89. The van der Waals surface area contributed by atoms with Crippen LogP contribution in [-0.4, -0.2) is 36.9 Å². The molecular formula is C19H18N2O6. The number of nitro benzene ring substituents is 1. The predicted octanol–water partition coefficient (Wildman–Crippen LogP) is 2.99. The van der Waals surface area contributed by atoms with Gasteiger partial charge in [0.2, 0.25) is 5.91 Å². The van der Waals surface area contributed by atoms with E-state index in [1.807, 2.05) is 0 Å². The second-order valence-electron chi connectivity index (χ2n) is 6.00. The summed E-state index contributed by atoms with van der Waals surface area (Å²) in [6, 6.07) is 10.7. The van der Waals surface area contributed by atoms with Gasteiger partial charge in [0.25, 0.3) is 5.69 Å². The molecule has 140 valence electrons. The van der Waals surface area contributed by atoms with Crippen molar-refractivity contribution in [2.45, 2.75) is 12.8 Å². The van der Waals surface area contributed by atoms with Crippen LogP contribution in [0.5, 0.6) is 11.5 Å². The van der Waals surface area contributed by atoms with Gasteiger partial charge in [0.15, 0.2) is 23.9 Å². The van der Waals surface area contributed by atoms with E-state index >= 15 is 0 Å². The highest BCUT2D eigenvalue weighted by molar-refractivity contribution is 6.00. The van der Waals surface area contributed by atoms with Crippen LogP contribution in [0.15, 0.2) is 42.5 Å². The zero-order chi connectivity index (χ0) is 19.4. The number of benzene rings is 2. The monoisotopic (exact) mass is 370 g/mol. The number of methoxy groups -OCH3 is 1. The normalized spacial score (nSPS) is 13.5. The number of carbonyl (C=O) groups excluding carboxylic acids is 2. The molecule has 1 saturated heterocycles. The van der Waals surface area contributed by atoms with Crippen molar-refractivity contribution in [3.05, 3.63) is 58.1 Å². The van der Waals surface area contributed by atoms with Gasteiger partial charge in [0.1, 0.15) is 0 Å². The van der Waals surface area contributed by atoms with E-state index in [2.05, 4.69) is 0 Å². The summed E-state index contributed by atoms with van der Waals surface area (Å²) in [5, 5.41) is 10.9. The Morgan fingerprint density at radius 2 is 2.04 bits per heavy atom. The average molecular weight is 370 g/mol. The highest BCUT2D eigenvalue weighted by atomic mass is 16.6. The number of non-ortho nitro benzene ring substituents is 1. The summed E-state index contributed by atoms with van der Waals surface area (Å²) in [4.78, 5) is 36.4. The summed E-state index contributed by atoms with van der Waals surface area (Å²) in [5.41, 5.74) is 0.917. The molecule has 0 atom stereocenters. The molecule has 0 aliphatic carbocycles. The molecule has 8 heteroatoms. The number of rotatable bonds is 7. The Morgan fingerprint density at radius 1 is 1.22 bits per heavy atom. The topological polar surface area (TPSA) is 99.0 Å². The van der Waals surface area contributed by atoms with Crippen molar-refractivity contribution in [3.63, 3.8) is 0 Å². The Kier molecular flexibility index (Phi) is 5.35. The molecule has 0 radical (unpaired) electrons. The number of ketones is 1. The van der Waals surface area contributed by atoms with Gasteiger partial charge in [0, 0.05) is 30.3 Å². The van der Waals surface area contributed by atoms with Gasteiger partial charge in [-0.25, -0.2) is 0 Å². The average Bonchev–Trinajstić information content (AvgIpc) is 3.11. The lowest BCUT2D eigenvalue weighted by Crippen LogP contribution is -2.24. The van der Waals surface area contributed by atoms with Gasteiger partial charge in [-0.1, -0.05) is 12.1 Å². The Labute approximate surface area is 155 Å². The number of carbonyl (C=O) groups is 2. The van der Waals surface area contributed by atoms with Crippen LogP contribution in [0, 0.1) is 10.1 Å². The molecule has 0 unspecified atom stereocenters. The first-order valence-corrected chi connectivity index (χ1v) is 8.38. The summed E-state index contributed by atoms with van der Waals surface area (Å²) in [7, 11) is 1.41. The number of Topliss-reactive ketones (excluding diaryl/α,β-unsaturated/α-hetero) is 1. The van der Waals surface area contributed by atoms with Crippen molar-refractivity contribution in [1.82, 2.24) is 0 Å². The Hall–Kier alpha value is -3.42. The SMILES string of the molecule is COc1ccc([N+](=O)[O-])cc1OCC(=O)c1cccc(N2CCCC2=O)c1. The quantitative estimate of drug-likeness (QED) is 0.422. The van der Waals surface area contributed by atoms with Crippen LogP contribution in [0.4, 0.5) is 11.4 Å². The molecule has 1 heterocycles. The Bertz CT molecular complexity index is 896. The highest BCUT2D eigenvalue weighted by Crippen LogP contribution is 2.31. The zero-order valence-electron chi connectivity index (χ0n) is 14.7. The molecule has 3 rings (SSSR count). The van der Waals surface area contributed by atoms with E-state index in [1.54, 1.807) is 29.2 Å². The molecule has 0 aromatic heterocycles. The first-order valence-electron chi connectivity index (χ1n) is 8.38. The standard InChI is InChI=1S/C19H18N2O6/c1-26-17-8-7-15(21(24)25)11-18(17)27-12-16(22)13-4-2-5-14(10-13)20-9-3-6-19(20)23/h2,4-5,7-8,10-11H,3,6,9,12H2,1H3. The summed E-state index contributed by atoms with van der Waals surface area (Å²) >= 11 is 0. The lowest BCUT2D eigenvalue weighted by molar-refractivity contribution is -0.385. The van der Waals surface area contributed by atoms with Crippen molar-refractivity contribution in [2.24, 2.45) is 0 Å². The molecule has 2 aromatic rings. The number of nitrogens with zero attached hydrogens (tertiary/aromatic N) is 2. The van der Waals surface area contributed by atoms with Gasteiger partial charge in [-0.3, -0.25) is 19.7 Å². The van der Waals surface area contributed by atoms with Crippen molar-refractivity contribution < 1.29 is 24.0 Å². The van der Waals surface area contributed by atoms with Crippen LogP contribution >= 0.6 is 0 Å². The summed E-state index contributed by atoms with van der Waals surface area (Å²) < 4.78 is 10.6. The van der Waals surface area contributed by atoms with E-state index in [0.29, 0.717) is 30.0 Å². The second-order valence-corrected chi connectivity index (χ2v) is 6.00. The van der Waals surface area contributed by atoms with E-state index in [0.717, 1.165) is 6.42 Å². The number of ether oxygens (including phenoxy) is 2. The molecule has 1 fully saturated rings. The van der Waals surface area contributed by atoms with Crippen molar-refractivity contribution in [2.75, 3.05) is 25.2 Å². The van der Waals surface area contributed by atoms with Crippen molar-refractivity contribution in [3.8, 4) is 11.5 Å². The fourth-order valence-electron chi connectivity index (χ4n) is 2.89. The minimum atomic E-state index is -0.551. The van der Waals surface area contributed by atoms with Gasteiger partial charge < -0.3 is 14.4 Å². The van der Waals surface area contributed by atoms with Crippen molar-refractivity contribution >= 4 is 23.1 Å². The molecule has 8 nitrogen and oxygen atoms in total. The second kappa shape index (κ2) is 7.86. The maximum absolute atomic E-state index is 12.5. The highest BCUT2D eigenvalue weighted by Gasteiger charge is 2.22. The molecule has 0 saturated carbocycles. The fraction of sp³-hybridized carbons (Fsp3) is 0.263. The summed E-state index contributed by atoms with van der Waals surface area (Å²) in [5.74, 6) is 0.143. The summed E-state index contributed by atoms with van der Waals surface area (Å²) in [6.45, 7) is 0.326. The predicted molar refractivity (Wildman–Crippen MR) is 97.5 cm³/mol. The third-order valence-electron chi connectivity index (χ3n) is 4.27. The van der Waals surface area contributed by atoms with Crippen LogP contribution < -0.4 is 14.4 Å². The van der Waals surface area contributed by atoms with E-state index in [1.165, 1.54) is 25.3 Å². The number of amides is 1. The number of anilines is 1. The van der Waals surface area contributed by atoms with Crippen molar-refractivity contribution in [1.29, 1.82) is 0 Å². The third kappa shape index (κ3) is 4.05. The van der Waals surface area contributed by atoms with E-state index in [9.17, 15) is 19.7 Å². The van der Waals surface area contributed by atoms with E-state index < -0.39 is 4.92 Å². The van der Waals surface area contributed by atoms with Gasteiger partial charge >= 0.3 is 0 Å². The lowest BCUT2D eigenvalue weighted by atomic mass is 10.1. The van der Waals surface area contributed by atoms with Gasteiger partial charge in [0.05, 0.1) is 18.1 Å². The van der Waals surface area contributed by atoms with Crippen LogP contribution in [0.3, 0.4) is 0 Å². The molecule has 1 aliphatic heterocycles. The smallest absolute Gasteiger partial charge is 0.273 e. The number of hydrogen-bond donors (Lipinski definition) is 0. The maximum Gasteiger partial charge on any atom is 0.273 e. The minimum absolute atomic E-state index is 0.0391. The molecule has 1 aliphatic rings. The number of nitro groups is 1. The van der Waals surface area contributed by atoms with Crippen LogP contribution in [0.25, 0.3) is 0 Å². The maximum atomic E-state index is 12.5. The summed E-state index contributed by atoms with van der Waals surface area (Å²) in [6.07, 6.45) is 1.31. The van der Waals surface area contributed by atoms with Gasteiger partial charge in [-0.15, -0.1) is 0 Å². The molecule has 0 N–H and O–H groups in total. The van der Waals surface area contributed by atoms with Gasteiger partial charge in [-0.05, 0) is 24.6 Å². The Morgan fingerprint density at radius 3 is 2.70 bits per heavy atom. The number of hydrogen-bond acceptors (Lipinski definition) is 6. The Balaban J connectivity index is 1.74. The molecular weight excluding hydrogens is 352 g/mol. The minimum Gasteiger partial charge on any atom is -0.493 e.